The fourth-order valence-electron chi connectivity index (χ4n) is 9.17. The van der Waals surface area contributed by atoms with Gasteiger partial charge in [-0.25, -0.2) is 0 Å². The van der Waals surface area contributed by atoms with E-state index in [0.717, 1.165) is 38.5 Å². The van der Waals surface area contributed by atoms with Gasteiger partial charge < -0.3 is 15.5 Å². The SMILES string of the molecule is CC(CCC(=O)NCC(C)S(=O)(=O)O)C1CCC2C3CCC4CC(O)CCC4(C)C3CC(O)C12C. The van der Waals surface area contributed by atoms with Gasteiger partial charge in [-0.05, 0) is 111 Å². The van der Waals surface area contributed by atoms with Crippen LogP contribution in [0.2, 0.25) is 0 Å². The van der Waals surface area contributed by atoms with Crippen molar-refractivity contribution in [3.63, 3.8) is 0 Å². The molecule has 0 saturated heterocycles. The van der Waals surface area contributed by atoms with E-state index in [1.165, 1.54) is 19.8 Å². The summed E-state index contributed by atoms with van der Waals surface area (Å²) in [5.41, 5.74) is 0.0966. The second-order valence-electron chi connectivity index (χ2n) is 13.0. The van der Waals surface area contributed by atoms with Crippen LogP contribution >= 0.6 is 0 Å². The maximum atomic E-state index is 12.3. The Labute approximate surface area is 211 Å². The molecule has 4 aliphatic rings. The van der Waals surface area contributed by atoms with E-state index < -0.39 is 15.4 Å². The number of hydrogen-bond donors (Lipinski definition) is 4. The molecule has 4 saturated carbocycles. The van der Waals surface area contributed by atoms with Crippen molar-refractivity contribution in [2.45, 2.75) is 109 Å². The average molecular weight is 514 g/mol. The van der Waals surface area contributed by atoms with Crippen molar-refractivity contribution in [3.05, 3.63) is 0 Å². The lowest BCUT2D eigenvalue weighted by Gasteiger charge is -2.62. The number of hydrogen-bond acceptors (Lipinski definition) is 5. The monoisotopic (exact) mass is 513 g/mol. The van der Waals surface area contributed by atoms with Gasteiger partial charge in [0.05, 0.1) is 12.2 Å². The average Bonchev–Trinajstić information content (AvgIpc) is 3.15. The molecule has 4 N–H and O–H groups in total. The van der Waals surface area contributed by atoms with Crippen LogP contribution in [0.5, 0.6) is 0 Å². The largest absolute Gasteiger partial charge is 0.393 e. The molecule has 4 rings (SSSR count). The van der Waals surface area contributed by atoms with Gasteiger partial charge >= 0.3 is 0 Å². The smallest absolute Gasteiger partial charge is 0.269 e. The second kappa shape index (κ2) is 9.88. The lowest BCUT2D eigenvalue weighted by atomic mass is 9.43. The Balaban J connectivity index is 1.39. The van der Waals surface area contributed by atoms with E-state index in [1.54, 1.807) is 0 Å². The van der Waals surface area contributed by atoms with Gasteiger partial charge in [0.15, 0.2) is 0 Å². The lowest BCUT2D eigenvalue weighted by Crippen LogP contribution is -2.58. The van der Waals surface area contributed by atoms with E-state index >= 15 is 0 Å². The molecule has 35 heavy (non-hydrogen) atoms. The van der Waals surface area contributed by atoms with E-state index in [2.05, 4.69) is 26.1 Å². The Hall–Kier alpha value is -0.700. The van der Waals surface area contributed by atoms with Crippen molar-refractivity contribution in [1.29, 1.82) is 0 Å². The molecule has 4 aliphatic carbocycles. The van der Waals surface area contributed by atoms with Crippen molar-refractivity contribution >= 4 is 16.0 Å². The zero-order valence-corrected chi connectivity index (χ0v) is 22.8. The molecule has 0 bridgehead atoms. The van der Waals surface area contributed by atoms with Gasteiger partial charge in [0, 0.05) is 13.0 Å². The maximum absolute atomic E-state index is 12.3. The molecule has 0 aliphatic heterocycles. The minimum Gasteiger partial charge on any atom is -0.393 e. The number of nitrogens with one attached hydrogen (secondary N) is 1. The zero-order valence-electron chi connectivity index (χ0n) is 21.9. The molecule has 0 heterocycles. The highest BCUT2D eigenvalue weighted by molar-refractivity contribution is 7.86. The third-order valence-corrected chi connectivity index (χ3v) is 12.6. The summed E-state index contributed by atoms with van der Waals surface area (Å²) in [5.74, 6) is 2.72. The van der Waals surface area contributed by atoms with Gasteiger partial charge in [-0.3, -0.25) is 9.35 Å². The first-order valence-corrected chi connectivity index (χ1v) is 15.4. The summed E-state index contributed by atoms with van der Waals surface area (Å²) in [6, 6.07) is 0. The highest BCUT2D eigenvalue weighted by Crippen LogP contribution is 2.68. The molecule has 11 unspecified atom stereocenters. The number of rotatable bonds is 7. The maximum Gasteiger partial charge on any atom is 0.269 e. The van der Waals surface area contributed by atoms with Crippen LogP contribution in [-0.4, -0.2) is 53.1 Å². The van der Waals surface area contributed by atoms with Crippen molar-refractivity contribution in [3.8, 4) is 0 Å². The highest BCUT2D eigenvalue weighted by Gasteiger charge is 2.63. The molecule has 8 heteroatoms. The van der Waals surface area contributed by atoms with E-state index in [-0.39, 0.29) is 41.4 Å². The third-order valence-electron chi connectivity index (χ3n) is 11.4. The molecule has 0 spiro atoms. The van der Waals surface area contributed by atoms with Crippen molar-refractivity contribution in [1.82, 2.24) is 5.32 Å². The van der Waals surface area contributed by atoms with Gasteiger partial charge in [-0.2, -0.15) is 8.42 Å². The minimum atomic E-state index is -4.15. The first-order valence-electron chi connectivity index (χ1n) is 13.9. The van der Waals surface area contributed by atoms with E-state index in [0.29, 0.717) is 42.4 Å². The molecule has 0 aromatic rings. The van der Waals surface area contributed by atoms with E-state index in [4.69, 9.17) is 4.55 Å². The molecule has 4 fully saturated rings. The molecule has 0 aromatic carbocycles. The van der Waals surface area contributed by atoms with Crippen LogP contribution in [0.15, 0.2) is 0 Å². The molecule has 7 nitrogen and oxygen atoms in total. The Morgan fingerprint density at radius 2 is 1.74 bits per heavy atom. The Morgan fingerprint density at radius 1 is 1.03 bits per heavy atom. The van der Waals surface area contributed by atoms with Crippen LogP contribution < -0.4 is 5.32 Å². The first kappa shape index (κ1) is 27.3. The van der Waals surface area contributed by atoms with Gasteiger partial charge in [-0.15, -0.1) is 0 Å². The van der Waals surface area contributed by atoms with Crippen LogP contribution in [0.25, 0.3) is 0 Å². The number of amides is 1. The zero-order chi connectivity index (χ0) is 25.8. The van der Waals surface area contributed by atoms with Crippen LogP contribution in [0.1, 0.15) is 91.9 Å². The fraction of sp³-hybridized carbons (Fsp3) is 0.963. The molecule has 0 aromatic heterocycles. The fourth-order valence-corrected chi connectivity index (χ4v) is 9.47. The Bertz CT molecular complexity index is 894. The molecule has 202 valence electrons. The van der Waals surface area contributed by atoms with Crippen molar-refractivity contribution in [2.75, 3.05) is 6.54 Å². The molecular weight excluding hydrogens is 466 g/mol. The Kier molecular flexibility index (Phi) is 7.72. The van der Waals surface area contributed by atoms with E-state index in [9.17, 15) is 23.4 Å². The summed E-state index contributed by atoms with van der Waals surface area (Å²) in [4.78, 5) is 12.3. The lowest BCUT2D eigenvalue weighted by molar-refractivity contribution is -0.174. The first-order chi connectivity index (χ1) is 16.3. The van der Waals surface area contributed by atoms with Crippen LogP contribution in [-0.2, 0) is 14.9 Å². The predicted octanol–water partition coefficient (Wildman–Crippen LogP) is 3.79. The Morgan fingerprint density at radius 3 is 2.43 bits per heavy atom. The summed E-state index contributed by atoms with van der Waals surface area (Å²) in [6.07, 6.45) is 8.90. The molecule has 11 atom stereocenters. The molecule has 0 radical (unpaired) electrons. The van der Waals surface area contributed by atoms with Crippen LogP contribution in [0, 0.1) is 46.3 Å². The summed E-state index contributed by atoms with van der Waals surface area (Å²) >= 11 is 0. The van der Waals surface area contributed by atoms with Gasteiger partial charge in [0.1, 0.15) is 5.25 Å². The van der Waals surface area contributed by atoms with E-state index in [1.807, 2.05) is 0 Å². The quantitative estimate of drug-likeness (QED) is 0.384. The number of fused-ring (bicyclic) bond motifs is 5. The van der Waals surface area contributed by atoms with Gasteiger partial charge in [0.2, 0.25) is 5.91 Å². The summed E-state index contributed by atoms with van der Waals surface area (Å²) in [6.45, 7) is 8.23. The number of carbonyl (C=O) groups excluding carboxylic acids is 1. The normalized spacial score (nSPS) is 45.1. The summed E-state index contributed by atoms with van der Waals surface area (Å²) in [5, 5.41) is 23.5. The standard InChI is InChI=1S/C27H47NO6S/c1-16(5-10-25(31)28-15-17(2)35(32,33)34)21-8-9-22-20-7-6-18-13-19(29)11-12-26(18,3)23(20)14-24(30)27(21,22)4/h16-24,29-30H,5-15H2,1-4H3,(H,28,31)(H,32,33,34). The van der Waals surface area contributed by atoms with Crippen molar-refractivity contribution in [2.24, 2.45) is 46.3 Å². The van der Waals surface area contributed by atoms with Gasteiger partial charge in [-0.1, -0.05) is 20.8 Å². The number of aliphatic hydroxyl groups excluding tert-OH is 2. The highest BCUT2D eigenvalue weighted by atomic mass is 32.2. The molecule has 1 amide bonds. The minimum absolute atomic E-state index is 0.0894. The second-order valence-corrected chi connectivity index (χ2v) is 14.9. The summed E-state index contributed by atoms with van der Waals surface area (Å²) < 4.78 is 31.4. The summed E-state index contributed by atoms with van der Waals surface area (Å²) in [7, 11) is -4.15. The predicted molar refractivity (Wildman–Crippen MR) is 135 cm³/mol. The van der Waals surface area contributed by atoms with Crippen LogP contribution in [0.4, 0.5) is 0 Å². The molecular formula is C27H47NO6S. The van der Waals surface area contributed by atoms with Crippen LogP contribution in [0.3, 0.4) is 0 Å². The van der Waals surface area contributed by atoms with Crippen molar-refractivity contribution < 1.29 is 28.0 Å². The van der Waals surface area contributed by atoms with Gasteiger partial charge in [0.25, 0.3) is 10.1 Å². The topological polar surface area (TPSA) is 124 Å². The third kappa shape index (κ3) is 4.94. The number of aliphatic hydroxyl groups is 2. The number of carbonyl (C=O) groups is 1.